The first-order valence-electron chi connectivity index (χ1n) is 3.87. The fourth-order valence-corrected chi connectivity index (χ4v) is 0.672. The second-order valence-corrected chi connectivity index (χ2v) is 3.57. The molecule has 0 bridgehead atoms. The van der Waals surface area contributed by atoms with E-state index in [-0.39, 0.29) is 11.2 Å². The van der Waals surface area contributed by atoms with Gasteiger partial charge in [-0.15, -0.1) is 0 Å². The van der Waals surface area contributed by atoms with Crippen molar-refractivity contribution in [2.75, 3.05) is 0 Å². The molecule has 0 aliphatic carbocycles. The zero-order chi connectivity index (χ0) is 9.83. The predicted molar refractivity (Wildman–Crippen MR) is 49.1 cm³/mol. The Bertz CT molecular complexity index is 124. The molecule has 1 rings (SSSR count). The minimum Gasteiger partial charge on any atom is -0.430 e. The molecule has 6 heteroatoms. The molecule has 70 valence electrons. The lowest BCUT2D eigenvalue weighted by Gasteiger charge is -2.32. The quantitative estimate of drug-likeness (QED) is 0.466. The Hall–Kier alpha value is -0.0301. The lowest BCUT2D eigenvalue weighted by atomic mass is 9.90. The summed E-state index contributed by atoms with van der Waals surface area (Å²) in [6, 6.07) is 0. The van der Waals surface area contributed by atoms with Crippen LogP contribution in [0.3, 0.4) is 0 Å². The van der Waals surface area contributed by atoms with E-state index >= 15 is 0 Å². The van der Waals surface area contributed by atoms with Crippen LogP contribution in [0.15, 0.2) is 0 Å². The Morgan fingerprint density at radius 1 is 1.00 bits per heavy atom. The van der Waals surface area contributed by atoms with E-state index in [1.807, 2.05) is 27.7 Å². The second-order valence-electron chi connectivity index (χ2n) is 3.57. The van der Waals surface area contributed by atoms with Crippen molar-refractivity contribution in [3.63, 3.8) is 0 Å². The highest BCUT2D eigenvalue weighted by Crippen LogP contribution is 2.33. The van der Waals surface area contributed by atoms with E-state index < -0.39 is 7.69 Å². The third-order valence-electron chi connectivity index (χ3n) is 2.29. The summed E-state index contributed by atoms with van der Waals surface area (Å²) in [5.74, 6) is 0. The van der Waals surface area contributed by atoms with Crippen molar-refractivity contribution in [3.05, 3.63) is 0 Å². The van der Waals surface area contributed by atoms with Crippen molar-refractivity contribution in [2.24, 2.45) is 0 Å². The van der Waals surface area contributed by atoms with Crippen LogP contribution >= 0.6 is 0 Å². The molecule has 0 spiro atoms. The third-order valence-corrected chi connectivity index (χ3v) is 2.29. The van der Waals surface area contributed by atoms with Crippen LogP contribution in [0.25, 0.3) is 0 Å². The van der Waals surface area contributed by atoms with Gasteiger partial charge >= 0.3 is 15.4 Å². The average molecular weight is 174 g/mol. The molecule has 0 aromatic carbocycles. The minimum atomic E-state index is -0.750. The Morgan fingerprint density at radius 3 is 1.33 bits per heavy atom. The zero-order valence-electron chi connectivity index (χ0n) is 8.13. The van der Waals surface area contributed by atoms with Crippen molar-refractivity contribution < 1.29 is 19.4 Å². The van der Waals surface area contributed by atoms with E-state index in [9.17, 15) is 0 Å². The fourth-order valence-electron chi connectivity index (χ4n) is 0.672. The van der Waals surface area contributed by atoms with Gasteiger partial charge in [-0.25, -0.2) is 0 Å². The molecular weight excluding hydrogens is 158 g/mol. The molecule has 4 nitrogen and oxygen atoms in total. The van der Waals surface area contributed by atoms with E-state index in [0.29, 0.717) is 7.69 Å². The van der Waals surface area contributed by atoms with Crippen molar-refractivity contribution in [1.82, 2.24) is 0 Å². The zero-order valence-corrected chi connectivity index (χ0v) is 8.13. The van der Waals surface area contributed by atoms with Crippen molar-refractivity contribution in [3.8, 4) is 0 Å². The monoisotopic (exact) mass is 174 g/mol. The molecule has 12 heavy (non-hydrogen) atoms. The highest BCUT2D eigenvalue weighted by molar-refractivity contribution is 6.19. The highest BCUT2D eigenvalue weighted by atomic mass is 16.7. The summed E-state index contributed by atoms with van der Waals surface area (Å²) in [5.41, 5.74) is -0.264. The van der Waals surface area contributed by atoms with Gasteiger partial charge in [0.1, 0.15) is 0 Å². The van der Waals surface area contributed by atoms with Gasteiger partial charge in [0.2, 0.25) is 0 Å². The molecule has 1 aliphatic rings. The van der Waals surface area contributed by atoms with Crippen molar-refractivity contribution >= 4 is 15.4 Å². The molecule has 0 aromatic rings. The normalized spacial score (nSPS) is 23.5. The number of hydrogen-bond donors (Lipinski definition) is 2. The van der Waals surface area contributed by atoms with E-state index in [1.165, 1.54) is 0 Å². The van der Waals surface area contributed by atoms with E-state index in [0.717, 1.165) is 0 Å². The first-order valence-corrected chi connectivity index (χ1v) is 3.87. The molecule has 1 saturated heterocycles. The van der Waals surface area contributed by atoms with Crippen LogP contribution in [0.2, 0.25) is 0 Å². The molecule has 0 saturated carbocycles. The molecule has 2 N–H and O–H groups in total. The van der Waals surface area contributed by atoms with Crippen LogP contribution < -0.4 is 0 Å². The van der Waals surface area contributed by atoms with Crippen LogP contribution in [-0.4, -0.2) is 36.6 Å². The summed E-state index contributed by atoms with van der Waals surface area (Å²) in [5, 5.41) is 14.2. The van der Waals surface area contributed by atoms with Gasteiger partial charge < -0.3 is 19.4 Å². The molecule has 0 unspecified atom stereocenters. The van der Waals surface area contributed by atoms with Gasteiger partial charge in [0, 0.05) is 0 Å². The topological polar surface area (TPSA) is 58.9 Å². The maximum absolute atomic E-state index is 7.12. The molecule has 1 heterocycles. The fraction of sp³-hybridized carbons (Fsp3) is 1.00. The van der Waals surface area contributed by atoms with Crippen LogP contribution in [0.4, 0.5) is 0 Å². The predicted octanol–water partition coefficient (Wildman–Crippen LogP) is -0.906. The molecular formula is C6H16B2O4. The lowest BCUT2D eigenvalue weighted by molar-refractivity contribution is 0.00578. The summed E-state index contributed by atoms with van der Waals surface area (Å²) in [4.78, 5) is 0. The lowest BCUT2D eigenvalue weighted by Crippen LogP contribution is -2.41. The molecule has 0 aromatic heterocycles. The number of rotatable bonds is 0. The Kier molecular flexibility index (Phi) is 4.26. The van der Waals surface area contributed by atoms with E-state index in [2.05, 4.69) is 0 Å². The van der Waals surface area contributed by atoms with Gasteiger partial charge in [0.05, 0.1) is 11.2 Å². The molecule has 1 aliphatic heterocycles. The van der Waals surface area contributed by atoms with Crippen LogP contribution in [0.1, 0.15) is 27.7 Å². The highest BCUT2D eigenvalue weighted by Gasteiger charge is 2.44. The third kappa shape index (κ3) is 2.79. The molecule has 0 atom stereocenters. The van der Waals surface area contributed by atoms with E-state index in [1.54, 1.807) is 0 Å². The van der Waals surface area contributed by atoms with Gasteiger partial charge in [0.15, 0.2) is 0 Å². The Labute approximate surface area is 74.5 Å². The first kappa shape index (κ1) is 12.0. The first-order chi connectivity index (χ1) is 5.37. The van der Waals surface area contributed by atoms with Gasteiger partial charge in [0.25, 0.3) is 0 Å². The molecule has 0 radical (unpaired) electrons. The van der Waals surface area contributed by atoms with Crippen LogP contribution in [-0.2, 0) is 9.31 Å². The van der Waals surface area contributed by atoms with E-state index in [4.69, 9.17) is 19.4 Å². The summed E-state index contributed by atoms with van der Waals surface area (Å²) < 4.78 is 10.7. The largest absolute Gasteiger partial charge is 0.439 e. The minimum absolute atomic E-state index is 0.132. The second kappa shape index (κ2) is 4.28. The molecule has 1 fully saturated rings. The Morgan fingerprint density at radius 2 is 1.25 bits per heavy atom. The summed E-state index contributed by atoms with van der Waals surface area (Å²) in [7, 11) is -0.319. The maximum atomic E-state index is 7.12. The average Bonchev–Trinajstić information content (AvgIpc) is 2.08. The maximum Gasteiger partial charge on any atom is 0.439 e. The van der Waals surface area contributed by atoms with Gasteiger partial charge in [-0.1, -0.05) is 0 Å². The van der Waals surface area contributed by atoms with Gasteiger partial charge in [-0.2, -0.15) is 0 Å². The smallest absolute Gasteiger partial charge is 0.430 e. The SMILES string of the molecule is CC1(C)OBOC1(C)C.OBO. The standard InChI is InChI=1S/C6H13BO2.BH3O2/c1-5(2)6(3,4)9-7-8-5;2-1-3/h7H,1-4H3;1-3H. The summed E-state index contributed by atoms with van der Waals surface area (Å²) in [6.07, 6.45) is 0. The number of hydrogen-bond acceptors (Lipinski definition) is 4. The van der Waals surface area contributed by atoms with Gasteiger partial charge in [-0.05, 0) is 27.7 Å². The van der Waals surface area contributed by atoms with Crippen molar-refractivity contribution in [1.29, 1.82) is 0 Å². The van der Waals surface area contributed by atoms with Crippen LogP contribution in [0, 0.1) is 0 Å². The summed E-state index contributed by atoms with van der Waals surface area (Å²) >= 11 is 0. The van der Waals surface area contributed by atoms with Gasteiger partial charge in [-0.3, -0.25) is 0 Å². The van der Waals surface area contributed by atoms with Crippen LogP contribution in [0.5, 0.6) is 0 Å². The molecule has 0 amide bonds. The summed E-state index contributed by atoms with van der Waals surface area (Å²) in [6.45, 7) is 8.17. The van der Waals surface area contributed by atoms with Crippen molar-refractivity contribution in [2.45, 2.75) is 38.9 Å². The Balaban J connectivity index is 0.000000354.